The van der Waals surface area contributed by atoms with Crippen LogP contribution in [0.4, 0.5) is 5.69 Å². The molecule has 3 rings (SSSR count). The number of nitrogen functional groups attached to an aromatic ring is 1. The normalized spacial score (nSPS) is 13.6. The SMILES string of the molecule is CCN[C@@H](Cc1ccc2ccccc2c1)C(=O)NCCCCC(CO)N(CC(C)C)S(=O)(=O)c1ccc(N)cc1. The third-order valence-electron chi connectivity index (χ3n) is 6.93. The van der Waals surface area contributed by atoms with Crippen LogP contribution < -0.4 is 16.4 Å². The summed E-state index contributed by atoms with van der Waals surface area (Å²) in [5.41, 5.74) is 7.32. The number of nitrogens with two attached hydrogens (primary N) is 1. The zero-order valence-electron chi connectivity index (χ0n) is 23.8. The van der Waals surface area contributed by atoms with Crippen molar-refractivity contribution in [2.75, 3.05) is 32.0 Å². The summed E-state index contributed by atoms with van der Waals surface area (Å²) < 4.78 is 28.3. The number of carbonyl (C=O) groups is 1. The molecule has 9 heteroatoms. The van der Waals surface area contributed by atoms with E-state index in [-0.39, 0.29) is 29.4 Å². The first kappa shape index (κ1) is 31.5. The first-order valence-electron chi connectivity index (χ1n) is 14.1. The Morgan fingerprint density at radius 3 is 2.35 bits per heavy atom. The molecule has 0 saturated carbocycles. The molecule has 0 aliphatic rings. The Labute approximate surface area is 239 Å². The van der Waals surface area contributed by atoms with E-state index >= 15 is 0 Å². The summed E-state index contributed by atoms with van der Waals surface area (Å²) in [6.45, 7) is 7.07. The summed E-state index contributed by atoms with van der Waals surface area (Å²) >= 11 is 0. The van der Waals surface area contributed by atoms with Gasteiger partial charge in [-0.25, -0.2) is 8.42 Å². The molecule has 218 valence electrons. The molecule has 1 amide bonds. The molecular formula is C31H44N4O4S. The fraction of sp³-hybridized carbons (Fsp3) is 0.452. The van der Waals surface area contributed by atoms with Gasteiger partial charge in [0.1, 0.15) is 0 Å². The zero-order valence-corrected chi connectivity index (χ0v) is 24.7. The van der Waals surface area contributed by atoms with Crippen LogP contribution in [0.5, 0.6) is 0 Å². The van der Waals surface area contributed by atoms with Crippen LogP contribution >= 0.6 is 0 Å². The lowest BCUT2D eigenvalue weighted by Gasteiger charge is -2.31. The maximum absolute atomic E-state index is 13.4. The van der Waals surface area contributed by atoms with Gasteiger partial charge in [-0.2, -0.15) is 4.31 Å². The number of likely N-dealkylation sites (N-methyl/N-ethyl adjacent to an activating group) is 1. The molecule has 0 saturated heterocycles. The number of hydrogen-bond donors (Lipinski definition) is 4. The average Bonchev–Trinajstić information content (AvgIpc) is 2.93. The van der Waals surface area contributed by atoms with Gasteiger partial charge in [-0.1, -0.05) is 69.7 Å². The highest BCUT2D eigenvalue weighted by molar-refractivity contribution is 7.89. The van der Waals surface area contributed by atoms with Crippen molar-refractivity contribution in [2.45, 2.75) is 63.4 Å². The maximum Gasteiger partial charge on any atom is 0.243 e. The highest BCUT2D eigenvalue weighted by atomic mass is 32.2. The number of unbranched alkanes of at least 4 members (excludes halogenated alkanes) is 1. The van der Waals surface area contributed by atoms with Crippen LogP contribution in [-0.2, 0) is 21.2 Å². The number of hydrogen-bond acceptors (Lipinski definition) is 6. The van der Waals surface area contributed by atoms with Gasteiger partial charge in [0.05, 0.1) is 17.5 Å². The van der Waals surface area contributed by atoms with Crippen LogP contribution in [0, 0.1) is 5.92 Å². The Morgan fingerprint density at radius 1 is 1.00 bits per heavy atom. The molecule has 8 nitrogen and oxygen atoms in total. The molecule has 3 aromatic rings. The molecule has 5 N–H and O–H groups in total. The molecule has 0 heterocycles. The van der Waals surface area contributed by atoms with Crippen molar-refractivity contribution < 1.29 is 18.3 Å². The molecule has 0 aliphatic carbocycles. The second kappa shape index (κ2) is 15.1. The van der Waals surface area contributed by atoms with E-state index in [0.29, 0.717) is 51.0 Å². The summed E-state index contributed by atoms with van der Waals surface area (Å²) in [4.78, 5) is 13.1. The highest BCUT2D eigenvalue weighted by Crippen LogP contribution is 2.23. The van der Waals surface area contributed by atoms with E-state index in [0.717, 1.165) is 10.9 Å². The smallest absolute Gasteiger partial charge is 0.243 e. The molecule has 0 bridgehead atoms. The largest absolute Gasteiger partial charge is 0.399 e. The summed E-state index contributed by atoms with van der Waals surface area (Å²) in [5.74, 6) is 0.0311. The van der Waals surface area contributed by atoms with Gasteiger partial charge >= 0.3 is 0 Å². The number of aliphatic hydroxyl groups is 1. The molecule has 0 radical (unpaired) electrons. The Kier molecular flexibility index (Phi) is 11.9. The van der Waals surface area contributed by atoms with E-state index in [4.69, 9.17) is 5.73 Å². The quantitative estimate of drug-likeness (QED) is 0.153. The minimum Gasteiger partial charge on any atom is -0.399 e. The van der Waals surface area contributed by atoms with E-state index in [1.54, 1.807) is 12.1 Å². The summed E-state index contributed by atoms with van der Waals surface area (Å²) in [6, 6.07) is 19.7. The highest BCUT2D eigenvalue weighted by Gasteiger charge is 2.31. The lowest BCUT2D eigenvalue weighted by molar-refractivity contribution is -0.123. The second-order valence-electron chi connectivity index (χ2n) is 10.7. The summed E-state index contributed by atoms with van der Waals surface area (Å²) in [5, 5.41) is 18.8. The van der Waals surface area contributed by atoms with E-state index in [1.807, 2.05) is 32.9 Å². The molecule has 0 aliphatic heterocycles. The Balaban J connectivity index is 1.55. The molecule has 2 atom stereocenters. The van der Waals surface area contributed by atoms with Gasteiger partial charge in [0.2, 0.25) is 15.9 Å². The average molecular weight is 569 g/mol. The van der Waals surface area contributed by atoms with Crippen molar-refractivity contribution in [1.82, 2.24) is 14.9 Å². The number of aliphatic hydroxyl groups excluding tert-OH is 1. The number of rotatable bonds is 16. The van der Waals surface area contributed by atoms with Gasteiger partial charge in [-0.3, -0.25) is 4.79 Å². The molecular weight excluding hydrogens is 524 g/mol. The summed E-state index contributed by atoms with van der Waals surface area (Å²) in [6.07, 6.45) is 2.41. The molecule has 0 spiro atoms. The van der Waals surface area contributed by atoms with Crippen LogP contribution in [0.3, 0.4) is 0 Å². The van der Waals surface area contributed by atoms with Crippen LogP contribution in [0.1, 0.15) is 45.6 Å². The lowest BCUT2D eigenvalue weighted by Crippen LogP contribution is -2.46. The van der Waals surface area contributed by atoms with Gasteiger partial charge in [-0.05, 0) is 72.3 Å². The fourth-order valence-corrected chi connectivity index (χ4v) is 6.66. The number of carbonyl (C=O) groups excluding carboxylic acids is 1. The Hall–Kier alpha value is -2.98. The molecule has 0 fully saturated rings. The van der Waals surface area contributed by atoms with E-state index in [2.05, 4.69) is 41.0 Å². The van der Waals surface area contributed by atoms with Gasteiger partial charge in [0.25, 0.3) is 0 Å². The van der Waals surface area contributed by atoms with Crippen molar-refractivity contribution in [3.8, 4) is 0 Å². The summed E-state index contributed by atoms with van der Waals surface area (Å²) in [7, 11) is -3.80. The predicted molar refractivity (Wildman–Crippen MR) is 162 cm³/mol. The fourth-order valence-electron chi connectivity index (χ4n) is 4.85. The third kappa shape index (κ3) is 8.76. The van der Waals surface area contributed by atoms with Crippen molar-refractivity contribution >= 4 is 32.4 Å². The Morgan fingerprint density at radius 2 is 1.70 bits per heavy atom. The maximum atomic E-state index is 13.4. The number of sulfonamides is 1. The molecule has 0 aromatic heterocycles. The number of benzene rings is 3. The first-order valence-corrected chi connectivity index (χ1v) is 15.6. The van der Waals surface area contributed by atoms with Crippen LogP contribution in [0.15, 0.2) is 71.6 Å². The van der Waals surface area contributed by atoms with Crippen molar-refractivity contribution in [1.29, 1.82) is 0 Å². The minimum absolute atomic E-state index is 0.0546. The third-order valence-corrected chi connectivity index (χ3v) is 8.87. The second-order valence-corrected chi connectivity index (χ2v) is 12.5. The number of fused-ring (bicyclic) bond motifs is 1. The van der Waals surface area contributed by atoms with Crippen LogP contribution in [0.2, 0.25) is 0 Å². The lowest BCUT2D eigenvalue weighted by atomic mass is 10.0. The first-order chi connectivity index (χ1) is 19.1. The van der Waals surface area contributed by atoms with Crippen LogP contribution in [-0.4, -0.2) is 62.1 Å². The number of anilines is 1. The van der Waals surface area contributed by atoms with Gasteiger partial charge < -0.3 is 21.5 Å². The monoisotopic (exact) mass is 568 g/mol. The van der Waals surface area contributed by atoms with Crippen molar-refractivity contribution in [2.24, 2.45) is 5.92 Å². The number of nitrogens with zero attached hydrogens (tertiary/aromatic N) is 1. The Bertz CT molecular complexity index is 1330. The molecule has 1 unspecified atom stereocenters. The van der Waals surface area contributed by atoms with Crippen molar-refractivity contribution in [3.63, 3.8) is 0 Å². The van der Waals surface area contributed by atoms with Gasteiger partial charge in [-0.15, -0.1) is 0 Å². The number of amides is 1. The van der Waals surface area contributed by atoms with Gasteiger partial charge in [0.15, 0.2) is 0 Å². The standard InChI is InChI=1S/C31H44N4O4S/c1-4-33-30(20-24-12-13-25-9-5-6-10-26(25)19-24)31(37)34-18-8-7-11-28(22-36)35(21-23(2)3)40(38,39)29-16-14-27(32)15-17-29/h5-6,9-10,12-17,19,23,28,30,33,36H,4,7-8,11,18,20-22,32H2,1-3H3,(H,34,37)/t28?,30-/m0/s1. The van der Waals surface area contributed by atoms with E-state index < -0.39 is 16.1 Å². The number of nitrogens with one attached hydrogen (secondary N) is 2. The molecule has 40 heavy (non-hydrogen) atoms. The topological polar surface area (TPSA) is 125 Å². The zero-order chi connectivity index (χ0) is 29.1. The van der Waals surface area contributed by atoms with Crippen molar-refractivity contribution in [3.05, 3.63) is 72.3 Å². The van der Waals surface area contributed by atoms with Crippen LogP contribution in [0.25, 0.3) is 10.8 Å². The van der Waals surface area contributed by atoms with Gasteiger partial charge in [0, 0.05) is 24.8 Å². The minimum atomic E-state index is -3.80. The van der Waals surface area contributed by atoms with E-state index in [1.165, 1.54) is 21.8 Å². The predicted octanol–water partition coefficient (Wildman–Crippen LogP) is 3.94. The molecule has 3 aromatic carbocycles. The van der Waals surface area contributed by atoms with E-state index in [9.17, 15) is 18.3 Å².